The minimum Gasteiger partial charge on any atom is -0.361 e. The van der Waals surface area contributed by atoms with E-state index >= 15 is 0 Å². The van der Waals surface area contributed by atoms with E-state index in [4.69, 9.17) is 4.52 Å². The van der Waals surface area contributed by atoms with Crippen molar-refractivity contribution in [3.05, 3.63) is 34.7 Å². The Morgan fingerprint density at radius 1 is 1.45 bits per heavy atom. The van der Waals surface area contributed by atoms with Crippen LogP contribution in [0, 0.1) is 13.8 Å². The van der Waals surface area contributed by atoms with Crippen LogP contribution in [0.5, 0.6) is 0 Å². The summed E-state index contributed by atoms with van der Waals surface area (Å²) < 4.78 is 5.26. The van der Waals surface area contributed by atoms with Gasteiger partial charge in [-0.25, -0.2) is 4.98 Å². The lowest BCUT2D eigenvalue weighted by Crippen LogP contribution is -2.32. The van der Waals surface area contributed by atoms with Crippen LogP contribution >= 0.6 is 0 Å². The summed E-state index contributed by atoms with van der Waals surface area (Å²) in [4.78, 5) is 22.6. The fraction of sp³-hybridized carbons (Fsp3) is 0.562. The first-order chi connectivity index (χ1) is 10.5. The molecule has 1 N–H and O–H groups in total. The van der Waals surface area contributed by atoms with Gasteiger partial charge in [-0.1, -0.05) is 19.0 Å². The third-order valence-corrected chi connectivity index (χ3v) is 4.20. The first kappa shape index (κ1) is 14.8. The molecule has 0 aromatic carbocycles. The monoisotopic (exact) mass is 302 g/mol. The van der Waals surface area contributed by atoms with E-state index in [1.807, 2.05) is 25.7 Å². The summed E-state index contributed by atoms with van der Waals surface area (Å²) in [6, 6.07) is 0.00973. The quantitative estimate of drug-likeness (QED) is 0.945. The van der Waals surface area contributed by atoms with Crippen molar-refractivity contribution in [2.45, 2.75) is 52.5 Å². The van der Waals surface area contributed by atoms with Crippen molar-refractivity contribution in [1.29, 1.82) is 0 Å². The molecule has 1 atom stereocenters. The highest BCUT2D eigenvalue weighted by Gasteiger charge is 2.35. The van der Waals surface area contributed by atoms with Crippen molar-refractivity contribution in [1.82, 2.24) is 20.0 Å². The number of hydrogen-bond donors (Lipinski definition) is 1. The summed E-state index contributed by atoms with van der Waals surface area (Å²) in [5.41, 5.74) is 2.37. The van der Waals surface area contributed by atoms with Gasteiger partial charge in [-0.3, -0.25) is 4.79 Å². The van der Waals surface area contributed by atoms with E-state index in [-0.39, 0.29) is 17.9 Å². The highest BCUT2D eigenvalue weighted by Crippen LogP contribution is 2.33. The summed E-state index contributed by atoms with van der Waals surface area (Å²) in [6.45, 7) is 8.55. The van der Waals surface area contributed by atoms with Gasteiger partial charge < -0.3 is 14.4 Å². The average molecular weight is 302 g/mol. The zero-order valence-electron chi connectivity index (χ0n) is 13.5. The molecule has 22 heavy (non-hydrogen) atoms. The van der Waals surface area contributed by atoms with Crippen LogP contribution in [0.2, 0.25) is 0 Å². The number of nitrogens with one attached hydrogen (secondary N) is 1. The molecule has 3 rings (SSSR count). The van der Waals surface area contributed by atoms with Crippen LogP contribution in [0.4, 0.5) is 0 Å². The first-order valence-corrected chi connectivity index (χ1v) is 7.77. The van der Waals surface area contributed by atoms with Crippen molar-refractivity contribution >= 4 is 5.91 Å². The van der Waals surface area contributed by atoms with E-state index in [1.165, 1.54) is 0 Å². The van der Waals surface area contributed by atoms with Gasteiger partial charge in [0.15, 0.2) is 0 Å². The molecule has 3 heterocycles. The van der Waals surface area contributed by atoms with Gasteiger partial charge >= 0.3 is 0 Å². The molecular weight excluding hydrogens is 280 g/mol. The SMILES string of the molecule is Cc1cnc([C@H]2CCCN2C(=O)c2c(C(C)C)noc2C)[nH]1. The van der Waals surface area contributed by atoms with Crippen molar-refractivity contribution in [3.63, 3.8) is 0 Å². The van der Waals surface area contributed by atoms with E-state index in [2.05, 4.69) is 15.1 Å². The molecule has 6 nitrogen and oxygen atoms in total. The Morgan fingerprint density at radius 3 is 2.86 bits per heavy atom. The number of amides is 1. The standard InChI is InChI=1S/C16H22N4O2/c1-9(2)14-13(11(4)22-19-14)16(21)20-7-5-6-12(20)15-17-8-10(3)18-15/h8-9,12H,5-7H2,1-4H3,(H,17,18)/t12-/m1/s1. The molecule has 0 bridgehead atoms. The molecule has 2 aromatic rings. The molecule has 2 aromatic heterocycles. The molecule has 1 amide bonds. The summed E-state index contributed by atoms with van der Waals surface area (Å²) in [7, 11) is 0. The smallest absolute Gasteiger partial charge is 0.260 e. The minimum absolute atomic E-state index is 0.000923. The van der Waals surface area contributed by atoms with Gasteiger partial charge in [0.05, 0.1) is 11.7 Å². The molecule has 0 spiro atoms. The number of hydrogen-bond acceptors (Lipinski definition) is 4. The number of carbonyl (C=O) groups excluding carboxylic acids is 1. The number of aromatic nitrogens is 3. The number of imidazole rings is 1. The molecule has 1 fully saturated rings. The maximum absolute atomic E-state index is 13.0. The lowest BCUT2D eigenvalue weighted by molar-refractivity contribution is 0.0727. The lowest BCUT2D eigenvalue weighted by atomic mass is 10.0. The topological polar surface area (TPSA) is 75.0 Å². The minimum atomic E-state index is -0.000923. The first-order valence-electron chi connectivity index (χ1n) is 7.77. The van der Waals surface area contributed by atoms with E-state index in [0.717, 1.165) is 36.6 Å². The highest BCUT2D eigenvalue weighted by atomic mass is 16.5. The largest absolute Gasteiger partial charge is 0.361 e. The van der Waals surface area contributed by atoms with Gasteiger partial charge in [0, 0.05) is 18.4 Å². The summed E-state index contributed by atoms with van der Waals surface area (Å²) >= 11 is 0. The Balaban J connectivity index is 1.93. The van der Waals surface area contributed by atoms with E-state index in [1.54, 1.807) is 13.1 Å². The predicted octanol–water partition coefficient (Wildman–Crippen LogP) is 3.12. The number of rotatable bonds is 3. The lowest BCUT2D eigenvalue weighted by Gasteiger charge is -2.23. The molecule has 0 aliphatic carbocycles. The summed E-state index contributed by atoms with van der Waals surface area (Å²) in [6.07, 6.45) is 3.72. The molecule has 1 saturated heterocycles. The van der Waals surface area contributed by atoms with E-state index in [0.29, 0.717) is 11.3 Å². The summed E-state index contributed by atoms with van der Waals surface area (Å²) in [5.74, 6) is 1.61. The van der Waals surface area contributed by atoms with E-state index < -0.39 is 0 Å². The van der Waals surface area contributed by atoms with Crippen LogP contribution in [0.3, 0.4) is 0 Å². The molecule has 1 aliphatic rings. The van der Waals surface area contributed by atoms with Gasteiger partial charge in [0.25, 0.3) is 5.91 Å². The number of nitrogens with zero attached hydrogens (tertiary/aromatic N) is 3. The zero-order valence-corrected chi connectivity index (χ0v) is 13.5. The van der Waals surface area contributed by atoms with E-state index in [9.17, 15) is 4.79 Å². The number of aryl methyl sites for hydroxylation is 2. The average Bonchev–Trinajstić information content (AvgIpc) is 3.16. The van der Waals surface area contributed by atoms with Crippen LogP contribution in [0.25, 0.3) is 0 Å². The number of H-pyrrole nitrogens is 1. The van der Waals surface area contributed by atoms with Crippen LogP contribution in [0.15, 0.2) is 10.7 Å². The third kappa shape index (κ3) is 2.42. The Morgan fingerprint density at radius 2 is 2.23 bits per heavy atom. The second-order valence-corrected chi connectivity index (χ2v) is 6.26. The second kappa shape index (κ2) is 5.59. The van der Waals surface area contributed by atoms with Gasteiger partial charge in [0.2, 0.25) is 0 Å². The molecule has 0 unspecified atom stereocenters. The van der Waals surface area contributed by atoms with Gasteiger partial charge in [0.1, 0.15) is 17.1 Å². The number of carbonyl (C=O) groups is 1. The number of likely N-dealkylation sites (tertiary alicyclic amines) is 1. The maximum Gasteiger partial charge on any atom is 0.260 e. The van der Waals surface area contributed by atoms with Crippen molar-refractivity contribution in [2.75, 3.05) is 6.54 Å². The van der Waals surface area contributed by atoms with Gasteiger partial charge in [-0.2, -0.15) is 0 Å². The zero-order chi connectivity index (χ0) is 15.9. The number of aromatic amines is 1. The maximum atomic E-state index is 13.0. The van der Waals surface area contributed by atoms with Crippen LogP contribution in [0.1, 0.15) is 72.0 Å². The predicted molar refractivity (Wildman–Crippen MR) is 81.7 cm³/mol. The third-order valence-electron chi connectivity index (χ3n) is 4.20. The summed E-state index contributed by atoms with van der Waals surface area (Å²) in [5, 5.41) is 4.06. The van der Waals surface area contributed by atoms with Crippen LogP contribution in [-0.2, 0) is 0 Å². The Kier molecular flexibility index (Phi) is 3.76. The van der Waals surface area contributed by atoms with Crippen molar-refractivity contribution in [2.24, 2.45) is 0 Å². The van der Waals surface area contributed by atoms with Crippen molar-refractivity contribution in [3.8, 4) is 0 Å². The van der Waals surface area contributed by atoms with Crippen LogP contribution in [-0.4, -0.2) is 32.5 Å². The molecule has 0 saturated carbocycles. The Bertz CT molecular complexity index is 686. The molecular formula is C16H22N4O2. The normalized spacial score (nSPS) is 18.4. The second-order valence-electron chi connectivity index (χ2n) is 6.26. The Hall–Kier alpha value is -2.11. The van der Waals surface area contributed by atoms with Gasteiger partial charge in [-0.15, -0.1) is 0 Å². The molecule has 1 aliphatic heterocycles. The molecule has 0 radical (unpaired) electrons. The molecule has 118 valence electrons. The highest BCUT2D eigenvalue weighted by molar-refractivity contribution is 5.96. The Labute approximate surface area is 129 Å². The van der Waals surface area contributed by atoms with Crippen molar-refractivity contribution < 1.29 is 9.32 Å². The van der Waals surface area contributed by atoms with Crippen LogP contribution < -0.4 is 0 Å². The van der Waals surface area contributed by atoms with Gasteiger partial charge in [-0.05, 0) is 32.6 Å². The fourth-order valence-electron chi connectivity index (χ4n) is 3.08. The fourth-order valence-corrected chi connectivity index (χ4v) is 3.08. The molecule has 6 heteroatoms.